The van der Waals surface area contributed by atoms with E-state index in [-0.39, 0.29) is 36.1 Å². The first kappa shape index (κ1) is 24.2. The van der Waals surface area contributed by atoms with Gasteiger partial charge in [-0.15, -0.1) is 0 Å². The highest BCUT2D eigenvalue weighted by atomic mass is 35.5. The molecule has 3 N–H and O–H groups in total. The van der Waals surface area contributed by atoms with Crippen molar-refractivity contribution in [1.82, 2.24) is 5.32 Å². The fourth-order valence-corrected chi connectivity index (χ4v) is 4.24. The molecule has 35 heavy (non-hydrogen) atoms. The van der Waals surface area contributed by atoms with Crippen LogP contribution < -0.4 is 10.6 Å². The van der Waals surface area contributed by atoms with E-state index in [0.717, 1.165) is 28.3 Å². The number of benzene rings is 3. The fraction of sp³-hybridized carbons (Fsp3) is 0.192. The predicted molar refractivity (Wildman–Crippen MR) is 129 cm³/mol. The molecule has 0 spiro atoms. The van der Waals surface area contributed by atoms with Gasteiger partial charge in [-0.25, -0.2) is 9.18 Å². The summed E-state index contributed by atoms with van der Waals surface area (Å²) in [5.74, 6) is -2.73. The average molecular weight is 497 g/mol. The van der Waals surface area contributed by atoms with Crippen LogP contribution in [0.2, 0.25) is 5.02 Å². The number of hydrogen-bond donors (Lipinski definition) is 3. The van der Waals surface area contributed by atoms with Crippen LogP contribution in [0.4, 0.5) is 14.9 Å². The lowest BCUT2D eigenvalue weighted by molar-refractivity contribution is -0.137. The van der Waals surface area contributed by atoms with Crippen molar-refractivity contribution in [1.29, 1.82) is 0 Å². The van der Waals surface area contributed by atoms with E-state index in [1.807, 2.05) is 48.5 Å². The number of alkyl carbamates (subject to hydrolysis) is 1. The normalized spacial score (nSPS) is 12.9. The maximum Gasteiger partial charge on any atom is 0.407 e. The van der Waals surface area contributed by atoms with Gasteiger partial charge in [-0.3, -0.25) is 9.59 Å². The van der Waals surface area contributed by atoms with E-state index in [1.165, 1.54) is 12.1 Å². The lowest BCUT2D eigenvalue weighted by Crippen LogP contribution is -2.44. The minimum absolute atomic E-state index is 0.0372. The summed E-state index contributed by atoms with van der Waals surface area (Å²) in [5.41, 5.74) is 4.33. The molecule has 180 valence electrons. The molecule has 1 atom stereocenters. The number of hydrogen-bond acceptors (Lipinski definition) is 4. The van der Waals surface area contributed by atoms with Crippen LogP contribution in [0.15, 0.2) is 66.7 Å². The summed E-state index contributed by atoms with van der Waals surface area (Å²) in [6.07, 6.45) is -1.40. The number of carbonyl (C=O) groups excluding carboxylic acids is 2. The van der Waals surface area contributed by atoms with Crippen molar-refractivity contribution in [2.45, 2.75) is 24.8 Å². The van der Waals surface area contributed by atoms with Crippen LogP contribution in [0.3, 0.4) is 0 Å². The van der Waals surface area contributed by atoms with Crippen molar-refractivity contribution >= 4 is 35.3 Å². The molecule has 0 aliphatic heterocycles. The second kappa shape index (κ2) is 10.6. The van der Waals surface area contributed by atoms with E-state index >= 15 is 0 Å². The number of carboxylic acids is 1. The Morgan fingerprint density at radius 3 is 2.23 bits per heavy atom. The zero-order chi connectivity index (χ0) is 24.9. The molecule has 0 bridgehead atoms. The summed E-state index contributed by atoms with van der Waals surface area (Å²) in [6.45, 7) is 0.0372. The van der Waals surface area contributed by atoms with Gasteiger partial charge in [-0.2, -0.15) is 0 Å². The van der Waals surface area contributed by atoms with Crippen LogP contribution in [0.25, 0.3) is 11.1 Å². The highest BCUT2D eigenvalue weighted by Gasteiger charge is 2.30. The second-order valence-corrected chi connectivity index (χ2v) is 8.48. The van der Waals surface area contributed by atoms with Crippen molar-refractivity contribution in [2.75, 3.05) is 11.9 Å². The van der Waals surface area contributed by atoms with Gasteiger partial charge in [0.2, 0.25) is 5.91 Å². The van der Waals surface area contributed by atoms with E-state index in [0.29, 0.717) is 0 Å². The molecule has 1 unspecified atom stereocenters. The van der Waals surface area contributed by atoms with Gasteiger partial charge in [0.1, 0.15) is 18.5 Å². The third kappa shape index (κ3) is 5.60. The molecule has 9 heteroatoms. The molecule has 1 aliphatic carbocycles. The Balaban J connectivity index is 1.43. The Morgan fingerprint density at radius 1 is 1.00 bits per heavy atom. The van der Waals surface area contributed by atoms with Crippen LogP contribution >= 0.6 is 11.6 Å². The Labute approximate surface area is 205 Å². The molecule has 2 amide bonds. The maximum atomic E-state index is 13.7. The number of nitrogens with one attached hydrogen (secondary N) is 2. The van der Waals surface area contributed by atoms with E-state index < -0.39 is 29.8 Å². The van der Waals surface area contributed by atoms with Crippen LogP contribution in [0.5, 0.6) is 0 Å². The number of aliphatic carboxylic acids is 1. The van der Waals surface area contributed by atoms with Crippen molar-refractivity contribution in [2.24, 2.45) is 0 Å². The Morgan fingerprint density at radius 2 is 1.63 bits per heavy atom. The number of carboxylic acid groups (broad SMARTS) is 1. The third-order valence-corrected chi connectivity index (χ3v) is 6.09. The minimum atomic E-state index is -1.21. The van der Waals surface area contributed by atoms with Gasteiger partial charge >= 0.3 is 12.1 Å². The number of ether oxygens (including phenoxy) is 1. The number of carbonyl (C=O) groups is 3. The summed E-state index contributed by atoms with van der Waals surface area (Å²) in [5, 5.41) is 13.8. The zero-order valence-corrected chi connectivity index (χ0v) is 19.2. The third-order valence-electron chi connectivity index (χ3n) is 5.79. The van der Waals surface area contributed by atoms with Crippen molar-refractivity contribution < 1.29 is 28.6 Å². The molecule has 0 fully saturated rings. The Bertz CT molecular complexity index is 1240. The number of anilines is 1. The highest BCUT2D eigenvalue weighted by molar-refractivity contribution is 6.30. The Kier molecular flexibility index (Phi) is 7.31. The molecular weight excluding hydrogens is 475 g/mol. The number of halogens is 2. The summed E-state index contributed by atoms with van der Waals surface area (Å²) >= 11 is 5.66. The molecule has 3 aromatic carbocycles. The lowest BCUT2D eigenvalue weighted by Gasteiger charge is -2.19. The van der Waals surface area contributed by atoms with Gasteiger partial charge in [0.05, 0.1) is 5.02 Å². The van der Waals surface area contributed by atoms with Gasteiger partial charge in [0.25, 0.3) is 0 Å². The molecule has 0 aromatic heterocycles. The van der Waals surface area contributed by atoms with Gasteiger partial charge in [-0.1, -0.05) is 60.1 Å². The molecule has 4 rings (SSSR count). The average Bonchev–Trinajstić information content (AvgIpc) is 3.16. The van der Waals surface area contributed by atoms with E-state index in [9.17, 15) is 18.8 Å². The first-order valence-electron chi connectivity index (χ1n) is 10.9. The standard InChI is InChI=1S/C26H22ClFN2O5/c27-21-10-9-15(13-22(21)28)29-25(33)23(11-12-24(31)32)30-26(34)35-14-20-18-7-3-1-5-16(18)17-6-2-4-8-19(17)20/h1-10,13,20,23H,11-12,14H2,(H,29,33)(H,30,34)(H,31,32). The van der Waals surface area contributed by atoms with Gasteiger partial charge in [0.15, 0.2) is 0 Å². The van der Waals surface area contributed by atoms with Crippen LogP contribution in [0.1, 0.15) is 29.9 Å². The van der Waals surface area contributed by atoms with E-state index in [2.05, 4.69) is 10.6 Å². The molecular formula is C26H22ClFN2O5. The van der Waals surface area contributed by atoms with Crippen molar-refractivity contribution in [3.63, 3.8) is 0 Å². The van der Waals surface area contributed by atoms with Crippen LogP contribution in [-0.2, 0) is 14.3 Å². The predicted octanol–water partition coefficient (Wildman–Crippen LogP) is 5.19. The first-order chi connectivity index (χ1) is 16.8. The molecule has 0 saturated carbocycles. The minimum Gasteiger partial charge on any atom is -0.481 e. The summed E-state index contributed by atoms with van der Waals surface area (Å²) in [6, 6.07) is 18.2. The lowest BCUT2D eigenvalue weighted by atomic mass is 9.98. The highest BCUT2D eigenvalue weighted by Crippen LogP contribution is 2.44. The monoisotopic (exact) mass is 496 g/mol. The largest absolute Gasteiger partial charge is 0.481 e. The molecule has 0 saturated heterocycles. The van der Waals surface area contributed by atoms with E-state index in [1.54, 1.807) is 0 Å². The quantitative estimate of drug-likeness (QED) is 0.398. The van der Waals surface area contributed by atoms with Crippen molar-refractivity contribution in [3.05, 3.63) is 88.7 Å². The summed E-state index contributed by atoms with van der Waals surface area (Å²) in [7, 11) is 0. The first-order valence-corrected chi connectivity index (χ1v) is 11.3. The van der Waals surface area contributed by atoms with Crippen LogP contribution in [-0.4, -0.2) is 35.7 Å². The summed E-state index contributed by atoms with van der Waals surface area (Å²) < 4.78 is 19.2. The van der Waals surface area contributed by atoms with Crippen molar-refractivity contribution in [3.8, 4) is 11.1 Å². The topological polar surface area (TPSA) is 105 Å². The number of amides is 2. The Hall–Kier alpha value is -3.91. The smallest absolute Gasteiger partial charge is 0.407 e. The molecule has 1 aliphatic rings. The van der Waals surface area contributed by atoms with E-state index in [4.69, 9.17) is 21.4 Å². The second-order valence-electron chi connectivity index (χ2n) is 8.07. The maximum absolute atomic E-state index is 13.7. The molecule has 0 radical (unpaired) electrons. The molecule has 3 aromatic rings. The molecule has 7 nitrogen and oxygen atoms in total. The number of fused-ring (bicyclic) bond motifs is 3. The number of rotatable bonds is 8. The van der Waals surface area contributed by atoms with Gasteiger partial charge < -0.3 is 20.5 Å². The van der Waals surface area contributed by atoms with Gasteiger partial charge in [0, 0.05) is 18.0 Å². The van der Waals surface area contributed by atoms with Crippen LogP contribution in [0, 0.1) is 5.82 Å². The fourth-order valence-electron chi connectivity index (χ4n) is 4.12. The molecule has 0 heterocycles. The zero-order valence-electron chi connectivity index (χ0n) is 18.5. The summed E-state index contributed by atoms with van der Waals surface area (Å²) in [4.78, 5) is 36.4. The SMILES string of the molecule is O=C(O)CCC(NC(=O)OCC1c2ccccc2-c2ccccc21)C(=O)Nc1ccc(Cl)c(F)c1. The van der Waals surface area contributed by atoms with Gasteiger partial charge in [-0.05, 0) is 46.9 Å².